The van der Waals surface area contributed by atoms with Crippen molar-refractivity contribution in [1.29, 1.82) is 0 Å². The van der Waals surface area contributed by atoms with E-state index in [2.05, 4.69) is 16.7 Å². The Morgan fingerprint density at radius 3 is 2.62 bits per heavy atom. The lowest BCUT2D eigenvalue weighted by Crippen LogP contribution is -2.11. The van der Waals surface area contributed by atoms with Crippen LogP contribution in [0.3, 0.4) is 0 Å². The van der Waals surface area contributed by atoms with Crippen molar-refractivity contribution in [2.75, 3.05) is 0 Å². The summed E-state index contributed by atoms with van der Waals surface area (Å²) in [6.45, 7) is 3.44. The molecule has 1 heterocycles. The van der Waals surface area contributed by atoms with E-state index in [9.17, 15) is 9.18 Å². The zero-order valence-corrected chi connectivity index (χ0v) is 11.2. The van der Waals surface area contributed by atoms with Crippen molar-refractivity contribution < 1.29 is 18.8 Å². The molecule has 1 fully saturated rings. The average molecular weight is 288 g/mol. The monoisotopic (exact) mass is 288 g/mol. The molecule has 6 heteroatoms. The van der Waals surface area contributed by atoms with Gasteiger partial charge in [0.15, 0.2) is 5.82 Å². The van der Waals surface area contributed by atoms with Crippen molar-refractivity contribution in [3.8, 4) is 0 Å². The first-order valence-corrected chi connectivity index (χ1v) is 6.51. The van der Waals surface area contributed by atoms with Crippen LogP contribution >= 0.6 is 0 Å². The Morgan fingerprint density at radius 1 is 1.38 bits per heavy atom. The van der Waals surface area contributed by atoms with Crippen LogP contribution in [0.25, 0.3) is 0 Å². The number of carbonyl (C=O) groups is 1. The Hall–Kier alpha value is -2.50. The summed E-state index contributed by atoms with van der Waals surface area (Å²) in [5, 5.41) is 12.7. The molecule has 1 aromatic carbocycles. The predicted octanol–water partition coefficient (Wildman–Crippen LogP) is 2.47. The van der Waals surface area contributed by atoms with E-state index >= 15 is 0 Å². The van der Waals surface area contributed by atoms with Gasteiger partial charge in [-0.2, -0.15) is 4.98 Å². The van der Waals surface area contributed by atoms with Crippen LogP contribution in [0.15, 0.2) is 40.9 Å². The normalized spacial score (nSPS) is 15.7. The Balaban J connectivity index is 1.84. The topological polar surface area (TPSA) is 76.2 Å². The lowest BCUT2D eigenvalue weighted by Gasteiger charge is -2.10. The molecule has 0 radical (unpaired) electrons. The lowest BCUT2D eigenvalue weighted by atomic mass is 9.95. The first-order chi connectivity index (χ1) is 10.0. The summed E-state index contributed by atoms with van der Waals surface area (Å²) in [5.74, 6) is -0.636. The third-order valence-electron chi connectivity index (χ3n) is 3.71. The molecule has 0 atom stereocenters. The van der Waals surface area contributed by atoms with Crippen LogP contribution in [0, 0.1) is 5.82 Å². The van der Waals surface area contributed by atoms with Crippen LogP contribution in [0.5, 0.6) is 0 Å². The summed E-state index contributed by atoms with van der Waals surface area (Å²) in [5.41, 5.74) is 0.602. The zero-order chi connectivity index (χ0) is 15.0. The second-order valence-corrected chi connectivity index (χ2v) is 5.19. The van der Waals surface area contributed by atoms with E-state index in [1.807, 2.05) is 0 Å². The number of nitrogens with zero attached hydrogens (tertiary/aromatic N) is 2. The Bertz CT molecular complexity index is 702. The summed E-state index contributed by atoms with van der Waals surface area (Å²) in [6.07, 6.45) is 1.73. The van der Waals surface area contributed by atoms with Crippen molar-refractivity contribution in [3.05, 3.63) is 59.5 Å². The molecule has 0 bridgehead atoms. The molecule has 0 saturated heterocycles. The smallest absolute Gasteiger partial charge is 0.331 e. The quantitative estimate of drug-likeness (QED) is 0.855. The molecule has 0 spiro atoms. The number of halogens is 1. The maximum absolute atomic E-state index is 13.0. The van der Waals surface area contributed by atoms with Gasteiger partial charge in [-0.25, -0.2) is 9.18 Å². The van der Waals surface area contributed by atoms with E-state index in [0.717, 1.165) is 18.4 Å². The first-order valence-electron chi connectivity index (χ1n) is 6.51. The molecule has 1 aromatic heterocycles. The molecule has 0 unspecified atom stereocenters. The third-order valence-corrected chi connectivity index (χ3v) is 3.71. The number of hydrogen-bond donors (Lipinski definition) is 1. The lowest BCUT2D eigenvalue weighted by molar-refractivity contribution is -0.132. The molecule has 1 saturated carbocycles. The fraction of sp³-hybridized carbons (Fsp3) is 0.267. The van der Waals surface area contributed by atoms with E-state index in [-0.39, 0.29) is 29.1 Å². The molecule has 5 nitrogen and oxygen atoms in total. The van der Waals surface area contributed by atoms with Gasteiger partial charge in [0.05, 0.1) is 11.8 Å². The number of carboxylic acid groups (broad SMARTS) is 1. The molecule has 0 amide bonds. The van der Waals surface area contributed by atoms with Crippen molar-refractivity contribution in [1.82, 2.24) is 10.1 Å². The van der Waals surface area contributed by atoms with Crippen LogP contribution < -0.4 is 0 Å². The summed E-state index contributed by atoms with van der Waals surface area (Å²) in [7, 11) is 0. The van der Waals surface area contributed by atoms with Crippen molar-refractivity contribution in [3.63, 3.8) is 0 Å². The van der Waals surface area contributed by atoms with Gasteiger partial charge >= 0.3 is 5.97 Å². The minimum absolute atomic E-state index is 0.00294. The second-order valence-electron chi connectivity index (χ2n) is 5.19. The van der Waals surface area contributed by atoms with Gasteiger partial charge in [0.25, 0.3) is 0 Å². The average Bonchev–Trinajstić information content (AvgIpc) is 3.13. The summed E-state index contributed by atoms with van der Waals surface area (Å²) in [6, 6.07) is 6.24. The zero-order valence-electron chi connectivity index (χ0n) is 11.2. The van der Waals surface area contributed by atoms with E-state index in [1.54, 1.807) is 12.1 Å². The Labute approximate surface area is 120 Å². The molecule has 1 aliphatic carbocycles. The number of rotatable bonds is 5. The van der Waals surface area contributed by atoms with Gasteiger partial charge in [0.2, 0.25) is 5.89 Å². The fourth-order valence-corrected chi connectivity index (χ4v) is 2.31. The standard InChI is InChI=1S/C15H13FN2O3/c1-9(13(19)20)8-12-17-14(18-21-12)15(6-7-15)10-2-4-11(16)5-3-10/h2-5H,1,6-8H2,(H,19,20). The number of hydrogen-bond acceptors (Lipinski definition) is 4. The first kappa shape index (κ1) is 13.5. The van der Waals surface area contributed by atoms with Crippen LogP contribution in [-0.2, 0) is 16.6 Å². The largest absolute Gasteiger partial charge is 0.478 e. The molecule has 1 N–H and O–H groups in total. The maximum atomic E-state index is 13.0. The number of aromatic nitrogens is 2. The van der Waals surface area contributed by atoms with Crippen molar-refractivity contribution in [2.45, 2.75) is 24.7 Å². The van der Waals surface area contributed by atoms with Crippen LogP contribution in [0.1, 0.15) is 30.1 Å². The summed E-state index contributed by atoms with van der Waals surface area (Å²) < 4.78 is 18.1. The molecular weight excluding hydrogens is 275 g/mol. The van der Waals surface area contributed by atoms with Crippen LogP contribution in [0.4, 0.5) is 4.39 Å². The minimum atomic E-state index is -1.09. The van der Waals surface area contributed by atoms with Gasteiger partial charge in [0, 0.05) is 5.57 Å². The number of carboxylic acids is 1. The highest BCUT2D eigenvalue weighted by molar-refractivity contribution is 5.86. The SMILES string of the molecule is C=C(Cc1nc(C2(c3ccc(F)cc3)CC2)no1)C(=O)O. The van der Waals surface area contributed by atoms with Crippen LogP contribution in [0.2, 0.25) is 0 Å². The highest BCUT2D eigenvalue weighted by Gasteiger charge is 2.50. The molecule has 0 aliphatic heterocycles. The molecule has 1 aliphatic rings. The van der Waals surface area contributed by atoms with Gasteiger partial charge in [-0.15, -0.1) is 0 Å². The molecular formula is C15H13FN2O3. The number of benzene rings is 1. The van der Waals surface area contributed by atoms with Gasteiger partial charge < -0.3 is 9.63 Å². The summed E-state index contributed by atoms with van der Waals surface area (Å²) in [4.78, 5) is 15.0. The highest BCUT2D eigenvalue weighted by Crippen LogP contribution is 2.52. The van der Waals surface area contributed by atoms with Crippen molar-refractivity contribution >= 4 is 5.97 Å². The van der Waals surface area contributed by atoms with Crippen LogP contribution in [-0.4, -0.2) is 21.2 Å². The van der Waals surface area contributed by atoms with E-state index in [0.29, 0.717) is 5.82 Å². The summed E-state index contributed by atoms with van der Waals surface area (Å²) >= 11 is 0. The van der Waals surface area contributed by atoms with E-state index in [1.165, 1.54) is 12.1 Å². The molecule has 108 valence electrons. The Kier molecular flexibility index (Phi) is 3.08. The molecule has 3 rings (SSSR count). The van der Waals surface area contributed by atoms with Gasteiger partial charge in [-0.05, 0) is 30.5 Å². The van der Waals surface area contributed by atoms with Gasteiger partial charge in [-0.3, -0.25) is 0 Å². The predicted molar refractivity (Wildman–Crippen MR) is 71.2 cm³/mol. The van der Waals surface area contributed by atoms with Gasteiger partial charge in [-0.1, -0.05) is 23.9 Å². The fourth-order valence-electron chi connectivity index (χ4n) is 2.31. The maximum Gasteiger partial charge on any atom is 0.331 e. The highest BCUT2D eigenvalue weighted by atomic mass is 19.1. The Morgan fingerprint density at radius 2 is 2.05 bits per heavy atom. The second kappa shape index (κ2) is 4.80. The van der Waals surface area contributed by atoms with E-state index in [4.69, 9.17) is 9.63 Å². The van der Waals surface area contributed by atoms with E-state index < -0.39 is 5.97 Å². The van der Waals surface area contributed by atoms with Gasteiger partial charge in [0.1, 0.15) is 5.82 Å². The number of aliphatic carboxylic acids is 1. The van der Waals surface area contributed by atoms with Crippen molar-refractivity contribution in [2.24, 2.45) is 0 Å². The molecule has 21 heavy (non-hydrogen) atoms. The molecule has 2 aromatic rings. The minimum Gasteiger partial charge on any atom is -0.478 e. The third kappa shape index (κ3) is 2.44.